The summed E-state index contributed by atoms with van der Waals surface area (Å²) in [4.78, 5) is 0. The highest BCUT2D eigenvalue weighted by atomic mass is 15.3. The highest BCUT2D eigenvalue weighted by Crippen LogP contribution is 1.94. The number of rotatable bonds is 4. The second kappa shape index (κ2) is 4.56. The third kappa shape index (κ3) is 4.38. The van der Waals surface area contributed by atoms with E-state index in [1.54, 1.807) is 0 Å². The van der Waals surface area contributed by atoms with Crippen molar-refractivity contribution < 1.29 is 9.05 Å². The maximum atomic E-state index is 2.25. The summed E-state index contributed by atoms with van der Waals surface area (Å²) in [7, 11) is 6.71. The number of pyridine rings is 1. The molecule has 2 nitrogen and oxygen atoms in total. The van der Waals surface area contributed by atoms with E-state index in [1.807, 2.05) is 0 Å². The van der Waals surface area contributed by atoms with Gasteiger partial charge in [0.2, 0.25) is 0 Å². The molecule has 0 aliphatic carbocycles. The first-order valence-electron chi connectivity index (χ1n) is 5.23. The van der Waals surface area contributed by atoms with Gasteiger partial charge in [-0.15, -0.1) is 0 Å². The van der Waals surface area contributed by atoms with E-state index in [4.69, 9.17) is 0 Å². The smallest absolute Gasteiger partial charge is 0.169 e. The monoisotopic (exact) mass is 194 g/mol. The summed E-state index contributed by atoms with van der Waals surface area (Å²) in [5.41, 5.74) is 1.33. The quantitative estimate of drug-likeness (QED) is 0.503. The first-order chi connectivity index (χ1) is 6.47. The molecule has 2 heteroatoms. The third-order valence-electron chi connectivity index (χ3n) is 2.30. The summed E-state index contributed by atoms with van der Waals surface area (Å²) < 4.78 is 3.30. The van der Waals surface area contributed by atoms with Gasteiger partial charge in [-0.25, -0.2) is 4.57 Å². The zero-order valence-corrected chi connectivity index (χ0v) is 9.83. The van der Waals surface area contributed by atoms with Gasteiger partial charge < -0.3 is 4.48 Å². The fraction of sp³-hybridized carbons (Fsp3) is 0.583. The van der Waals surface area contributed by atoms with Crippen LogP contribution in [-0.4, -0.2) is 32.2 Å². The van der Waals surface area contributed by atoms with Crippen molar-refractivity contribution in [2.75, 3.05) is 27.7 Å². The molecule has 1 heterocycles. The number of hydrogen-bond donors (Lipinski definition) is 0. The molecule has 1 aromatic heterocycles. The summed E-state index contributed by atoms with van der Waals surface area (Å²) in [6.07, 6.45) is 5.55. The summed E-state index contributed by atoms with van der Waals surface area (Å²) in [6.45, 7) is 4.47. The zero-order valence-electron chi connectivity index (χ0n) is 9.83. The van der Waals surface area contributed by atoms with E-state index >= 15 is 0 Å². The highest BCUT2D eigenvalue weighted by molar-refractivity contribution is 5.03. The Morgan fingerprint density at radius 2 is 1.71 bits per heavy atom. The Kier molecular flexibility index (Phi) is 3.64. The van der Waals surface area contributed by atoms with Gasteiger partial charge >= 0.3 is 0 Å². The molecule has 0 radical (unpaired) electrons. The molecule has 0 saturated heterocycles. The molecule has 1 aromatic rings. The number of quaternary nitrogens is 1. The first kappa shape index (κ1) is 11.2. The molecule has 0 aromatic carbocycles. The van der Waals surface area contributed by atoms with Gasteiger partial charge in [-0.05, 0) is 12.5 Å². The Morgan fingerprint density at radius 1 is 1.14 bits per heavy atom. The van der Waals surface area contributed by atoms with Crippen molar-refractivity contribution in [1.29, 1.82) is 0 Å². The molecular formula is C12H22N2+2. The molecule has 0 bridgehead atoms. The van der Waals surface area contributed by atoms with Crippen LogP contribution in [0.15, 0.2) is 24.5 Å². The van der Waals surface area contributed by atoms with E-state index in [9.17, 15) is 0 Å². The third-order valence-corrected chi connectivity index (χ3v) is 2.30. The topological polar surface area (TPSA) is 3.88 Å². The van der Waals surface area contributed by atoms with Crippen LogP contribution in [0.3, 0.4) is 0 Å². The normalized spacial score (nSPS) is 11.7. The maximum Gasteiger partial charge on any atom is 0.169 e. The van der Waals surface area contributed by atoms with Crippen LogP contribution in [0.2, 0.25) is 0 Å². The SMILES string of the molecule is Cc1cc[n+](CCC[N+](C)(C)C)cc1. The molecule has 0 aliphatic rings. The van der Waals surface area contributed by atoms with Crippen molar-refractivity contribution in [2.24, 2.45) is 0 Å². The Morgan fingerprint density at radius 3 is 2.21 bits per heavy atom. The Hall–Kier alpha value is -0.890. The van der Waals surface area contributed by atoms with Crippen molar-refractivity contribution in [1.82, 2.24) is 0 Å². The van der Waals surface area contributed by atoms with Crippen LogP contribution in [0.4, 0.5) is 0 Å². The van der Waals surface area contributed by atoms with Gasteiger partial charge in [0.1, 0.15) is 0 Å². The maximum absolute atomic E-state index is 2.25. The Bertz CT molecular complexity index is 269. The van der Waals surface area contributed by atoms with Gasteiger partial charge in [0, 0.05) is 12.1 Å². The van der Waals surface area contributed by atoms with Gasteiger partial charge in [-0.2, -0.15) is 0 Å². The molecule has 78 valence electrons. The van der Waals surface area contributed by atoms with E-state index in [1.165, 1.54) is 18.5 Å². The number of hydrogen-bond acceptors (Lipinski definition) is 0. The highest BCUT2D eigenvalue weighted by Gasteiger charge is 2.08. The average molecular weight is 194 g/mol. The van der Waals surface area contributed by atoms with E-state index in [2.05, 4.69) is 57.2 Å². The minimum atomic E-state index is 1.05. The number of aryl methyl sites for hydroxylation is 2. The fourth-order valence-corrected chi connectivity index (χ4v) is 1.41. The van der Waals surface area contributed by atoms with Gasteiger partial charge in [-0.1, -0.05) is 0 Å². The van der Waals surface area contributed by atoms with E-state index in [0.717, 1.165) is 11.0 Å². The zero-order chi connectivity index (χ0) is 10.6. The lowest BCUT2D eigenvalue weighted by molar-refractivity contribution is -0.873. The minimum Gasteiger partial charge on any atom is -0.331 e. The molecule has 0 amide bonds. The minimum absolute atomic E-state index is 1.05. The van der Waals surface area contributed by atoms with Crippen LogP contribution >= 0.6 is 0 Å². The summed E-state index contributed by atoms with van der Waals surface area (Å²) in [5, 5.41) is 0. The van der Waals surface area contributed by atoms with Crippen LogP contribution in [0.1, 0.15) is 12.0 Å². The Labute approximate surface area is 87.4 Å². The Balaban J connectivity index is 2.35. The first-order valence-corrected chi connectivity index (χ1v) is 5.23. The molecule has 0 spiro atoms. The van der Waals surface area contributed by atoms with Crippen LogP contribution < -0.4 is 4.57 Å². The number of nitrogens with zero attached hydrogens (tertiary/aromatic N) is 2. The summed E-state index contributed by atoms with van der Waals surface area (Å²) >= 11 is 0. The van der Waals surface area contributed by atoms with Crippen LogP contribution in [0, 0.1) is 6.92 Å². The van der Waals surface area contributed by atoms with E-state index in [-0.39, 0.29) is 0 Å². The molecule has 0 atom stereocenters. The lowest BCUT2D eigenvalue weighted by atomic mass is 10.3. The molecule has 0 aliphatic heterocycles. The molecule has 0 N–H and O–H groups in total. The van der Waals surface area contributed by atoms with E-state index in [0.29, 0.717) is 0 Å². The van der Waals surface area contributed by atoms with Gasteiger partial charge in [0.25, 0.3) is 0 Å². The van der Waals surface area contributed by atoms with Gasteiger partial charge in [0.05, 0.1) is 34.1 Å². The summed E-state index contributed by atoms with van der Waals surface area (Å²) in [5.74, 6) is 0. The van der Waals surface area contributed by atoms with Crippen LogP contribution in [0.25, 0.3) is 0 Å². The predicted octanol–water partition coefficient (Wildman–Crippen LogP) is 1.38. The number of aromatic nitrogens is 1. The molecule has 0 saturated carbocycles. The largest absolute Gasteiger partial charge is 0.331 e. The van der Waals surface area contributed by atoms with Gasteiger partial charge in [-0.3, -0.25) is 0 Å². The molecule has 14 heavy (non-hydrogen) atoms. The van der Waals surface area contributed by atoms with Crippen molar-refractivity contribution in [3.63, 3.8) is 0 Å². The van der Waals surface area contributed by atoms with Crippen LogP contribution in [0.5, 0.6) is 0 Å². The lowest BCUT2D eigenvalue weighted by Gasteiger charge is -2.22. The molecular weight excluding hydrogens is 172 g/mol. The van der Waals surface area contributed by atoms with E-state index < -0.39 is 0 Å². The average Bonchev–Trinajstić information content (AvgIpc) is 2.06. The second-order valence-corrected chi connectivity index (χ2v) is 4.98. The van der Waals surface area contributed by atoms with Crippen molar-refractivity contribution >= 4 is 0 Å². The summed E-state index contributed by atoms with van der Waals surface area (Å²) in [6, 6.07) is 4.32. The van der Waals surface area contributed by atoms with Crippen LogP contribution in [-0.2, 0) is 6.54 Å². The van der Waals surface area contributed by atoms with Crippen molar-refractivity contribution in [2.45, 2.75) is 19.9 Å². The molecule has 0 fully saturated rings. The molecule has 0 unspecified atom stereocenters. The standard InChI is InChI=1S/C12H22N2/c1-12-6-9-13(10-7-12)8-5-11-14(2,3)4/h6-7,9-10H,5,8,11H2,1-4H3/q+2. The lowest BCUT2D eigenvalue weighted by Crippen LogP contribution is -2.39. The molecule has 1 rings (SSSR count). The van der Waals surface area contributed by atoms with Crippen molar-refractivity contribution in [3.8, 4) is 0 Å². The fourth-order valence-electron chi connectivity index (χ4n) is 1.41. The predicted molar refractivity (Wildman–Crippen MR) is 58.9 cm³/mol. The second-order valence-electron chi connectivity index (χ2n) is 4.98. The van der Waals surface area contributed by atoms with Crippen molar-refractivity contribution in [3.05, 3.63) is 30.1 Å². The van der Waals surface area contributed by atoms with Gasteiger partial charge in [0.15, 0.2) is 18.9 Å².